The summed E-state index contributed by atoms with van der Waals surface area (Å²) in [4.78, 5) is 14.5. The number of para-hydroxylation sites is 1. The van der Waals surface area contributed by atoms with Gasteiger partial charge in [0.1, 0.15) is 11.8 Å². The molecule has 1 aromatic heterocycles. The summed E-state index contributed by atoms with van der Waals surface area (Å²) >= 11 is 0. The number of likely N-dealkylation sites (tertiary alicyclic amines) is 1. The van der Waals surface area contributed by atoms with E-state index in [4.69, 9.17) is 4.42 Å². The molecule has 0 aliphatic carbocycles. The van der Waals surface area contributed by atoms with Crippen molar-refractivity contribution in [1.82, 2.24) is 4.90 Å². The first kappa shape index (κ1) is 11.3. The van der Waals surface area contributed by atoms with Gasteiger partial charge < -0.3 is 9.32 Å². The SMILES string of the molecule is O=C(c1coc2ccccc12)N1CCCCCC1. The number of hydrogen-bond donors (Lipinski definition) is 0. The van der Waals surface area contributed by atoms with E-state index in [0.717, 1.165) is 36.9 Å². The molecule has 0 unspecified atom stereocenters. The lowest BCUT2D eigenvalue weighted by Crippen LogP contribution is -2.31. The fraction of sp³-hybridized carbons (Fsp3) is 0.400. The summed E-state index contributed by atoms with van der Waals surface area (Å²) in [5.74, 6) is 0.113. The van der Waals surface area contributed by atoms with E-state index >= 15 is 0 Å². The van der Waals surface area contributed by atoms with E-state index in [0.29, 0.717) is 5.56 Å². The largest absolute Gasteiger partial charge is 0.463 e. The molecule has 0 radical (unpaired) electrons. The van der Waals surface area contributed by atoms with Crippen molar-refractivity contribution in [3.63, 3.8) is 0 Å². The van der Waals surface area contributed by atoms with E-state index in [1.807, 2.05) is 29.2 Å². The Morgan fingerprint density at radius 2 is 1.78 bits per heavy atom. The highest BCUT2D eigenvalue weighted by molar-refractivity contribution is 6.05. The highest BCUT2D eigenvalue weighted by Crippen LogP contribution is 2.23. The third-order valence-electron chi connectivity index (χ3n) is 3.60. The van der Waals surface area contributed by atoms with Gasteiger partial charge in [-0.1, -0.05) is 31.0 Å². The molecule has 2 heterocycles. The summed E-state index contributed by atoms with van der Waals surface area (Å²) in [6, 6.07) is 7.71. The van der Waals surface area contributed by atoms with Crippen LogP contribution in [0.1, 0.15) is 36.0 Å². The van der Waals surface area contributed by atoms with Crippen LogP contribution >= 0.6 is 0 Å². The van der Waals surface area contributed by atoms with Crippen molar-refractivity contribution in [2.75, 3.05) is 13.1 Å². The predicted octanol–water partition coefficient (Wildman–Crippen LogP) is 3.45. The van der Waals surface area contributed by atoms with Crippen molar-refractivity contribution in [1.29, 1.82) is 0 Å². The Morgan fingerprint density at radius 1 is 1.06 bits per heavy atom. The zero-order chi connectivity index (χ0) is 12.4. The van der Waals surface area contributed by atoms with E-state index < -0.39 is 0 Å². The molecule has 0 atom stereocenters. The number of benzene rings is 1. The van der Waals surface area contributed by atoms with Crippen molar-refractivity contribution in [3.05, 3.63) is 36.1 Å². The van der Waals surface area contributed by atoms with Gasteiger partial charge in [0.25, 0.3) is 5.91 Å². The monoisotopic (exact) mass is 243 g/mol. The molecule has 0 spiro atoms. The van der Waals surface area contributed by atoms with E-state index in [-0.39, 0.29) is 5.91 Å². The molecule has 3 heteroatoms. The van der Waals surface area contributed by atoms with Gasteiger partial charge in [0, 0.05) is 18.5 Å². The maximum atomic E-state index is 12.5. The van der Waals surface area contributed by atoms with Crippen molar-refractivity contribution >= 4 is 16.9 Å². The van der Waals surface area contributed by atoms with Crippen molar-refractivity contribution in [3.8, 4) is 0 Å². The van der Waals surface area contributed by atoms with Crippen molar-refractivity contribution in [2.45, 2.75) is 25.7 Å². The van der Waals surface area contributed by atoms with E-state index in [2.05, 4.69) is 0 Å². The summed E-state index contributed by atoms with van der Waals surface area (Å²) in [6.07, 6.45) is 6.28. The first-order valence-electron chi connectivity index (χ1n) is 6.62. The Balaban J connectivity index is 1.91. The summed E-state index contributed by atoms with van der Waals surface area (Å²) in [7, 11) is 0. The minimum Gasteiger partial charge on any atom is -0.463 e. The molecule has 1 fully saturated rings. The third-order valence-corrected chi connectivity index (χ3v) is 3.60. The maximum Gasteiger partial charge on any atom is 0.257 e. The molecule has 0 saturated carbocycles. The summed E-state index contributed by atoms with van der Waals surface area (Å²) in [5.41, 5.74) is 1.49. The lowest BCUT2D eigenvalue weighted by Gasteiger charge is -2.19. The van der Waals surface area contributed by atoms with Crippen LogP contribution in [0.15, 0.2) is 34.9 Å². The molecule has 1 aliphatic heterocycles. The topological polar surface area (TPSA) is 33.5 Å². The average Bonchev–Trinajstić information content (AvgIpc) is 2.65. The highest BCUT2D eigenvalue weighted by atomic mass is 16.3. The van der Waals surface area contributed by atoms with Gasteiger partial charge in [-0.15, -0.1) is 0 Å². The fourth-order valence-electron chi connectivity index (χ4n) is 2.59. The van der Waals surface area contributed by atoms with Crippen LogP contribution in [-0.2, 0) is 0 Å². The Kier molecular flexibility index (Phi) is 3.05. The lowest BCUT2D eigenvalue weighted by molar-refractivity contribution is 0.0762. The minimum absolute atomic E-state index is 0.113. The summed E-state index contributed by atoms with van der Waals surface area (Å²) in [5, 5.41) is 0.923. The third kappa shape index (κ3) is 2.01. The van der Waals surface area contributed by atoms with Crippen LogP contribution in [0, 0.1) is 0 Å². The molecule has 1 aromatic carbocycles. The van der Waals surface area contributed by atoms with E-state index in [1.165, 1.54) is 12.8 Å². The molecular weight excluding hydrogens is 226 g/mol. The number of fused-ring (bicyclic) bond motifs is 1. The normalized spacial score (nSPS) is 16.8. The van der Waals surface area contributed by atoms with Gasteiger partial charge in [0.15, 0.2) is 0 Å². The van der Waals surface area contributed by atoms with Gasteiger partial charge in [0.2, 0.25) is 0 Å². The molecule has 94 valence electrons. The first-order valence-corrected chi connectivity index (χ1v) is 6.62. The zero-order valence-electron chi connectivity index (χ0n) is 10.4. The smallest absolute Gasteiger partial charge is 0.257 e. The molecule has 3 rings (SSSR count). The molecule has 0 N–H and O–H groups in total. The quantitative estimate of drug-likeness (QED) is 0.768. The molecule has 3 nitrogen and oxygen atoms in total. The highest BCUT2D eigenvalue weighted by Gasteiger charge is 2.20. The Bertz CT molecular complexity index is 550. The van der Waals surface area contributed by atoms with Gasteiger partial charge in [-0.3, -0.25) is 4.79 Å². The number of carbonyl (C=O) groups is 1. The predicted molar refractivity (Wildman–Crippen MR) is 70.6 cm³/mol. The van der Waals surface area contributed by atoms with Crippen LogP contribution < -0.4 is 0 Å². The standard InChI is InChI=1S/C15H17NO2/c17-15(16-9-5-1-2-6-10-16)13-11-18-14-8-4-3-7-12(13)14/h3-4,7-8,11H,1-2,5-6,9-10H2. The second-order valence-corrected chi connectivity index (χ2v) is 4.85. The second kappa shape index (κ2) is 4.84. The number of carbonyl (C=O) groups excluding carboxylic acids is 1. The fourth-order valence-corrected chi connectivity index (χ4v) is 2.59. The van der Waals surface area contributed by atoms with Gasteiger partial charge in [-0.05, 0) is 18.9 Å². The molecule has 1 saturated heterocycles. The van der Waals surface area contributed by atoms with Crippen molar-refractivity contribution in [2.24, 2.45) is 0 Å². The summed E-state index contributed by atoms with van der Waals surface area (Å²) < 4.78 is 5.44. The molecule has 1 aliphatic rings. The molecule has 0 bridgehead atoms. The minimum atomic E-state index is 0.113. The van der Waals surface area contributed by atoms with Gasteiger partial charge in [-0.25, -0.2) is 0 Å². The number of amides is 1. The van der Waals surface area contributed by atoms with Crippen LogP contribution in [0.25, 0.3) is 11.0 Å². The van der Waals surface area contributed by atoms with Crippen LogP contribution in [0.5, 0.6) is 0 Å². The van der Waals surface area contributed by atoms with Crippen LogP contribution in [0.4, 0.5) is 0 Å². The molecule has 2 aromatic rings. The van der Waals surface area contributed by atoms with Gasteiger partial charge in [-0.2, -0.15) is 0 Å². The van der Waals surface area contributed by atoms with Gasteiger partial charge in [0.05, 0.1) is 5.56 Å². The number of furan rings is 1. The second-order valence-electron chi connectivity index (χ2n) is 4.85. The van der Waals surface area contributed by atoms with E-state index in [1.54, 1.807) is 6.26 Å². The Hall–Kier alpha value is -1.77. The summed E-state index contributed by atoms with van der Waals surface area (Å²) in [6.45, 7) is 1.75. The molecular formula is C15H17NO2. The van der Waals surface area contributed by atoms with Crippen molar-refractivity contribution < 1.29 is 9.21 Å². The number of hydrogen-bond acceptors (Lipinski definition) is 2. The van der Waals surface area contributed by atoms with Gasteiger partial charge >= 0.3 is 0 Å². The lowest BCUT2D eigenvalue weighted by atomic mass is 10.1. The Morgan fingerprint density at radius 3 is 2.56 bits per heavy atom. The average molecular weight is 243 g/mol. The molecule has 18 heavy (non-hydrogen) atoms. The number of nitrogens with zero attached hydrogens (tertiary/aromatic N) is 1. The maximum absolute atomic E-state index is 12.5. The van der Waals surface area contributed by atoms with Crippen LogP contribution in [0.2, 0.25) is 0 Å². The first-order chi connectivity index (χ1) is 8.86. The number of rotatable bonds is 1. The van der Waals surface area contributed by atoms with Crippen LogP contribution in [-0.4, -0.2) is 23.9 Å². The molecule has 1 amide bonds. The van der Waals surface area contributed by atoms with Crippen LogP contribution in [0.3, 0.4) is 0 Å². The van der Waals surface area contributed by atoms with E-state index in [9.17, 15) is 4.79 Å². The zero-order valence-corrected chi connectivity index (χ0v) is 10.4. The Labute approximate surface area is 106 Å².